The summed E-state index contributed by atoms with van der Waals surface area (Å²) in [5.41, 5.74) is 9.78. The van der Waals surface area contributed by atoms with Crippen LogP contribution in [0.1, 0.15) is 33.7 Å². The number of amides is 2. The van der Waals surface area contributed by atoms with E-state index in [1.54, 1.807) is 36.4 Å². The largest absolute Gasteiger partial charge is 0.508 e. The average Bonchev–Trinajstić information content (AvgIpc) is 2.93. The third-order valence-corrected chi connectivity index (χ3v) is 6.15. The lowest BCUT2D eigenvalue weighted by Gasteiger charge is -2.29. The summed E-state index contributed by atoms with van der Waals surface area (Å²) in [6, 6.07) is 33.0. The highest BCUT2D eigenvalue weighted by atomic mass is 16.3. The standard InChI is InChI=1S/C31H27N3O3/c32-20-24-9-7-8-23(18-24)19-28(33)30(36)34(21-22-14-16-27(35)17-15-22)31(37)29(25-10-3-1-4-11-25)26-12-5-2-6-13-26/h1-18,28-29,35H,19,21,33H2. The molecule has 6 heteroatoms. The van der Waals surface area contributed by atoms with Crippen LogP contribution in [0.15, 0.2) is 109 Å². The zero-order valence-corrected chi connectivity index (χ0v) is 20.2. The van der Waals surface area contributed by atoms with Crippen molar-refractivity contribution in [3.8, 4) is 11.8 Å². The average molecular weight is 490 g/mol. The van der Waals surface area contributed by atoms with Crippen molar-refractivity contribution in [3.05, 3.63) is 137 Å². The molecule has 0 aliphatic heterocycles. The lowest BCUT2D eigenvalue weighted by Crippen LogP contribution is -2.49. The van der Waals surface area contributed by atoms with Crippen LogP contribution < -0.4 is 5.73 Å². The number of nitrogens with two attached hydrogens (primary N) is 1. The molecule has 4 aromatic rings. The van der Waals surface area contributed by atoms with Gasteiger partial charge in [0.1, 0.15) is 5.75 Å². The maximum atomic E-state index is 14.2. The lowest BCUT2D eigenvalue weighted by molar-refractivity contribution is -0.146. The summed E-state index contributed by atoms with van der Waals surface area (Å²) >= 11 is 0. The first-order chi connectivity index (χ1) is 18.0. The highest BCUT2D eigenvalue weighted by molar-refractivity contribution is 6.02. The molecular weight excluding hydrogens is 462 g/mol. The Hall–Kier alpha value is -4.73. The van der Waals surface area contributed by atoms with Crippen molar-refractivity contribution >= 4 is 11.8 Å². The van der Waals surface area contributed by atoms with Gasteiger partial charge in [-0.15, -0.1) is 0 Å². The predicted octanol–water partition coefficient (Wildman–Crippen LogP) is 4.52. The van der Waals surface area contributed by atoms with Gasteiger partial charge in [0.25, 0.3) is 0 Å². The molecule has 184 valence electrons. The van der Waals surface area contributed by atoms with Crippen molar-refractivity contribution in [1.82, 2.24) is 4.90 Å². The number of carbonyl (C=O) groups excluding carboxylic acids is 2. The quantitative estimate of drug-likeness (QED) is 0.378. The highest BCUT2D eigenvalue weighted by Gasteiger charge is 2.33. The molecule has 4 rings (SSSR count). The fourth-order valence-electron chi connectivity index (χ4n) is 4.28. The summed E-state index contributed by atoms with van der Waals surface area (Å²) < 4.78 is 0. The zero-order chi connectivity index (χ0) is 26.2. The molecule has 37 heavy (non-hydrogen) atoms. The van der Waals surface area contributed by atoms with Crippen molar-refractivity contribution < 1.29 is 14.7 Å². The first-order valence-electron chi connectivity index (χ1n) is 11.9. The van der Waals surface area contributed by atoms with Crippen LogP contribution in [0.2, 0.25) is 0 Å². The van der Waals surface area contributed by atoms with E-state index in [4.69, 9.17) is 5.73 Å². The van der Waals surface area contributed by atoms with Gasteiger partial charge in [-0.25, -0.2) is 0 Å². The number of hydrogen-bond donors (Lipinski definition) is 2. The number of aromatic hydroxyl groups is 1. The SMILES string of the molecule is N#Cc1cccc(CC(N)C(=O)N(Cc2ccc(O)cc2)C(=O)C(c2ccccc2)c2ccccc2)c1. The van der Waals surface area contributed by atoms with Gasteiger partial charge in [0.05, 0.1) is 30.1 Å². The summed E-state index contributed by atoms with van der Waals surface area (Å²) in [6.45, 7) is 0.0000487. The molecule has 0 aromatic heterocycles. The lowest BCUT2D eigenvalue weighted by atomic mass is 9.89. The Morgan fingerprint density at radius 3 is 1.95 bits per heavy atom. The molecule has 0 aliphatic rings. The number of rotatable bonds is 8. The highest BCUT2D eigenvalue weighted by Crippen LogP contribution is 2.28. The van der Waals surface area contributed by atoms with Gasteiger partial charge in [0.15, 0.2) is 0 Å². The van der Waals surface area contributed by atoms with Gasteiger partial charge in [0.2, 0.25) is 11.8 Å². The van der Waals surface area contributed by atoms with Crippen molar-refractivity contribution in [2.45, 2.75) is 24.9 Å². The smallest absolute Gasteiger partial charge is 0.246 e. The van der Waals surface area contributed by atoms with Crippen LogP contribution in [-0.2, 0) is 22.6 Å². The van der Waals surface area contributed by atoms with E-state index in [1.165, 1.54) is 17.0 Å². The fourth-order valence-corrected chi connectivity index (χ4v) is 4.28. The number of carbonyl (C=O) groups is 2. The molecule has 6 nitrogen and oxygen atoms in total. The predicted molar refractivity (Wildman–Crippen MR) is 141 cm³/mol. The number of nitriles is 1. The second kappa shape index (κ2) is 11.8. The van der Waals surface area contributed by atoms with Crippen LogP contribution in [0, 0.1) is 11.3 Å². The number of hydrogen-bond acceptors (Lipinski definition) is 5. The van der Waals surface area contributed by atoms with E-state index in [0.29, 0.717) is 11.1 Å². The number of nitrogens with zero attached hydrogens (tertiary/aromatic N) is 2. The summed E-state index contributed by atoms with van der Waals surface area (Å²) in [4.78, 5) is 29.1. The first-order valence-corrected chi connectivity index (χ1v) is 11.9. The Kier molecular flexibility index (Phi) is 8.09. The van der Waals surface area contributed by atoms with Crippen molar-refractivity contribution in [3.63, 3.8) is 0 Å². The maximum absolute atomic E-state index is 14.2. The molecule has 3 N–H and O–H groups in total. The number of benzene rings is 4. The van der Waals surface area contributed by atoms with E-state index in [0.717, 1.165) is 16.7 Å². The number of phenolic OH excluding ortho intramolecular Hbond substituents is 1. The molecule has 1 atom stereocenters. The van der Waals surface area contributed by atoms with Crippen molar-refractivity contribution in [1.29, 1.82) is 5.26 Å². The number of phenols is 1. The van der Waals surface area contributed by atoms with Crippen molar-refractivity contribution in [2.75, 3.05) is 0 Å². The number of imide groups is 1. The molecular formula is C31H27N3O3. The Balaban J connectivity index is 1.70. The van der Waals surface area contributed by atoms with Crippen LogP contribution in [0.25, 0.3) is 0 Å². The van der Waals surface area contributed by atoms with Crippen LogP contribution >= 0.6 is 0 Å². The molecule has 4 aromatic carbocycles. The van der Waals surface area contributed by atoms with Gasteiger partial charge in [-0.3, -0.25) is 14.5 Å². The van der Waals surface area contributed by atoms with Gasteiger partial charge >= 0.3 is 0 Å². The van der Waals surface area contributed by atoms with E-state index in [-0.39, 0.29) is 18.7 Å². The normalized spacial score (nSPS) is 11.5. The third-order valence-electron chi connectivity index (χ3n) is 6.15. The van der Waals surface area contributed by atoms with E-state index in [1.807, 2.05) is 60.7 Å². The minimum Gasteiger partial charge on any atom is -0.508 e. The van der Waals surface area contributed by atoms with E-state index in [9.17, 15) is 20.0 Å². The molecule has 0 bridgehead atoms. The minimum atomic E-state index is -0.998. The van der Waals surface area contributed by atoms with E-state index < -0.39 is 23.8 Å². The Bertz CT molecular complexity index is 1360. The van der Waals surface area contributed by atoms with Crippen LogP contribution in [0.3, 0.4) is 0 Å². The first kappa shape index (κ1) is 25.4. The van der Waals surface area contributed by atoms with Gasteiger partial charge < -0.3 is 10.8 Å². The Morgan fingerprint density at radius 2 is 1.38 bits per heavy atom. The molecule has 0 heterocycles. The molecule has 0 saturated heterocycles. The van der Waals surface area contributed by atoms with Gasteiger partial charge in [-0.2, -0.15) is 5.26 Å². The molecule has 0 saturated carbocycles. The van der Waals surface area contributed by atoms with Gasteiger partial charge in [0, 0.05) is 0 Å². The molecule has 0 aliphatic carbocycles. The molecule has 0 spiro atoms. The van der Waals surface area contributed by atoms with Crippen LogP contribution in [0.5, 0.6) is 5.75 Å². The van der Waals surface area contributed by atoms with E-state index >= 15 is 0 Å². The van der Waals surface area contributed by atoms with Crippen molar-refractivity contribution in [2.24, 2.45) is 5.73 Å². The molecule has 0 radical (unpaired) electrons. The molecule has 2 amide bonds. The van der Waals surface area contributed by atoms with Crippen LogP contribution in [0.4, 0.5) is 0 Å². The second-order valence-corrected chi connectivity index (χ2v) is 8.81. The molecule has 1 unspecified atom stereocenters. The summed E-state index contributed by atoms with van der Waals surface area (Å²) in [5.74, 6) is -1.53. The zero-order valence-electron chi connectivity index (χ0n) is 20.2. The topological polar surface area (TPSA) is 107 Å². The van der Waals surface area contributed by atoms with Crippen LogP contribution in [-0.4, -0.2) is 27.9 Å². The monoisotopic (exact) mass is 489 g/mol. The second-order valence-electron chi connectivity index (χ2n) is 8.81. The Labute approximate surface area is 216 Å². The summed E-state index contributed by atoms with van der Waals surface area (Å²) in [7, 11) is 0. The fraction of sp³-hybridized carbons (Fsp3) is 0.129. The third kappa shape index (κ3) is 6.29. The maximum Gasteiger partial charge on any atom is 0.246 e. The van der Waals surface area contributed by atoms with Gasteiger partial charge in [-0.05, 0) is 52.9 Å². The summed E-state index contributed by atoms with van der Waals surface area (Å²) in [5, 5.41) is 18.9. The van der Waals surface area contributed by atoms with Gasteiger partial charge in [-0.1, -0.05) is 84.9 Å². The minimum absolute atomic E-state index is 0.0000487. The molecule has 0 fully saturated rings. The van der Waals surface area contributed by atoms with E-state index in [2.05, 4.69) is 6.07 Å². The Morgan fingerprint density at radius 1 is 0.784 bits per heavy atom. The summed E-state index contributed by atoms with van der Waals surface area (Å²) in [6.07, 6.45) is 0.176.